The lowest BCUT2D eigenvalue weighted by molar-refractivity contribution is 0.576. The van der Waals surface area contributed by atoms with E-state index in [2.05, 4.69) is 0 Å². The van der Waals surface area contributed by atoms with Crippen molar-refractivity contribution in [3.05, 3.63) is 29.8 Å². The molecule has 13 heavy (non-hydrogen) atoms. The molecule has 1 atom stereocenters. The summed E-state index contributed by atoms with van der Waals surface area (Å²) < 4.78 is 25.8. The van der Waals surface area contributed by atoms with Crippen molar-refractivity contribution in [1.82, 2.24) is 0 Å². The van der Waals surface area contributed by atoms with Gasteiger partial charge in [-0.05, 0) is 24.6 Å². The van der Waals surface area contributed by atoms with Gasteiger partial charge in [-0.15, -0.1) is 11.8 Å². The van der Waals surface area contributed by atoms with Gasteiger partial charge >= 0.3 is 0 Å². The van der Waals surface area contributed by atoms with Crippen molar-refractivity contribution in [3.63, 3.8) is 0 Å². The SMILES string of the molecule is CCC(C)Sc1cc(F)ccc1F. The summed E-state index contributed by atoms with van der Waals surface area (Å²) in [6, 6.07) is 3.54. The Balaban J connectivity index is 2.81. The molecular formula is C10H12F2S. The summed E-state index contributed by atoms with van der Waals surface area (Å²) in [6.07, 6.45) is 0.945. The molecule has 0 radical (unpaired) electrons. The first-order valence-electron chi connectivity index (χ1n) is 4.25. The Kier molecular flexibility index (Phi) is 3.72. The molecule has 0 bridgehead atoms. The number of hydrogen-bond acceptors (Lipinski definition) is 1. The van der Waals surface area contributed by atoms with E-state index in [0.717, 1.165) is 12.5 Å². The molecule has 3 heteroatoms. The van der Waals surface area contributed by atoms with Crippen molar-refractivity contribution >= 4 is 11.8 Å². The van der Waals surface area contributed by atoms with Crippen LogP contribution in [0.5, 0.6) is 0 Å². The molecule has 1 rings (SSSR count). The van der Waals surface area contributed by atoms with Gasteiger partial charge in [0.05, 0.1) is 0 Å². The maximum absolute atomic E-state index is 13.1. The van der Waals surface area contributed by atoms with Crippen molar-refractivity contribution < 1.29 is 8.78 Å². The predicted molar refractivity (Wildman–Crippen MR) is 52.0 cm³/mol. The second-order valence-electron chi connectivity index (χ2n) is 2.91. The first kappa shape index (κ1) is 10.5. The molecule has 72 valence electrons. The Labute approximate surface area is 81.3 Å². The summed E-state index contributed by atoms with van der Waals surface area (Å²) in [5, 5.41) is 0.316. The summed E-state index contributed by atoms with van der Waals surface area (Å²) in [4.78, 5) is 0.398. The Bertz CT molecular complexity index is 286. The van der Waals surface area contributed by atoms with E-state index in [1.165, 1.54) is 23.9 Å². The van der Waals surface area contributed by atoms with Crippen molar-refractivity contribution in [2.24, 2.45) is 0 Å². The van der Waals surface area contributed by atoms with Gasteiger partial charge in [0.15, 0.2) is 0 Å². The van der Waals surface area contributed by atoms with E-state index in [1.807, 2.05) is 13.8 Å². The average Bonchev–Trinajstić information content (AvgIpc) is 2.11. The molecule has 1 aromatic rings. The normalized spacial score (nSPS) is 12.9. The summed E-state index contributed by atoms with van der Waals surface area (Å²) >= 11 is 1.37. The predicted octanol–water partition coefficient (Wildman–Crippen LogP) is 3.86. The average molecular weight is 202 g/mol. The van der Waals surface area contributed by atoms with Crippen molar-refractivity contribution in [3.8, 4) is 0 Å². The van der Waals surface area contributed by atoms with E-state index in [0.29, 0.717) is 10.1 Å². The van der Waals surface area contributed by atoms with Crippen LogP contribution in [-0.4, -0.2) is 5.25 Å². The van der Waals surface area contributed by atoms with Crippen molar-refractivity contribution in [1.29, 1.82) is 0 Å². The minimum atomic E-state index is -0.382. The van der Waals surface area contributed by atoms with Crippen LogP contribution in [0, 0.1) is 11.6 Å². The van der Waals surface area contributed by atoms with Gasteiger partial charge in [0.2, 0.25) is 0 Å². The molecule has 0 heterocycles. The minimum Gasteiger partial charge on any atom is -0.207 e. The molecule has 0 fully saturated rings. The molecule has 1 aromatic carbocycles. The first-order chi connectivity index (χ1) is 6.13. The van der Waals surface area contributed by atoms with E-state index >= 15 is 0 Å². The van der Waals surface area contributed by atoms with E-state index in [9.17, 15) is 8.78 Å². The Morgan fingerprint density at radius 1 is 1.38 bits per heavy atom. The standard InChI is InChI=1S/C10H12F2S/c1-3-7(2)13-10-6-8(11)4-5-9(10)12/h4-7H,3H2,1-2H3. The number of hydrogen-bond donors (Lipinski definition) is 0. The summed E-state index contributed by atoms with van der Waals surface area (Å²) in [5.74, 6) is -0.723. The highest BCUT2D eigenvalue weighted by Gasteiger charge is 2.07. The molecule has 0 aliphatic heterocycles. The fourth-order valence-corrected chi connectivity index (χ4v) is 1.83. The zero-order valence-corrected chi connectivity index (χ0v) is 8.50. The van der Waals surface area contributed by atoms with Gasteiger partial charge in [-0.1, -0.05) is 13.8 Å². The van der Waals surface area contributed by atoms with Crippen LogP contribution < -0.4 is 0 Å². The second kappa shape index (κ2) is 4.61. The fourth-order valence-electron chi connectivity index (χ4n) is 0.868. The largest absolute Gasteiger partial charge is 0.207 e. The molecule has 0 nitrogen and oxygen atoms in total. The van der Waals surface area contributed by atoms with Crippen molar-refractivity contribution in [2.75, 3.05) is 0 Å². The van der Waals surface area contributed by atoms with Gasteiger partial charge in [-0.2, -0.15) is 0 Å². The molecule has 0 saturated carbocycles. The lowest BCUT2D eigenvalue weighted by Crippen LogP contribution is -1.94. The molecule has 0 saturated heterocycles. The maximum Gasteiger partial charge on any atom is 0.136 e. The van der Waals surface area contributed by atoms with Gasteiger partial charge in [-0.3, -0.25) is 0 Å². The smallest absolute Gasteiger partial charge is 0.136 e. The van der Waals surface area contributed by atoms with Crippen LogP contribution in [-0.2, 0) is 0 Å². The molecule has 0 aliphatic carbocycles. The summed E-state index contributed by atoms with van der Waals surface area (Å²) in [7, 11) is 0. The fraction of sp³-hybridized carbons (Fsp3) is 0.400. The van der Waals surface area contributed by atoms with Crippen LogP contribution in [0.15, 0.2) is 23.1 Å². The number of thioether (sulfide) groups is 1. The summed E-state index contributed by atoms with van der Waals surface area (Å²) in [6.45, 7) is 4.02. The lowest BCUT2D eigenvalue weighted by atomic mass is 10.3. The maximum atomic E-state index is 13.1. The third kappa shape index (κ3) is 2.99. The first-order valence-corrected chi connectivity index (χ1v) is 5.13. The van der Waals surface area contributed by atoms with Crippen molar-refractivity contribution in [2.45, 2.75) is 30.4 Å². The number of rotatable bonds is 3. The molecule has 0 aliphatic rings. The second-order valence-corrected chi connectivity index (χ2v) is 4.39. The van der Waals surface area contributed by atoms with Gasteiger partial charge in [0, 0.05) is 10.1 Å². The zero-order chi connectivity index (χ0) is 9.84. The van der Waals surface area contributed by atoms with E-state index in [1.54, 1.807) is 0 Å². The van der Waals surface area contributed by atoms with Crippen LogP contribution >= 0.6 is 11.8 Å². The Hall–Kier alpha value is -0.570. The summed E-state index contributed by atoms with van der Waals surface area (Å²) in [5.41, 5.74) is 0. The van der Waals surface area contributed by atoms with Crippen LogP contribution in [0.2, 0.25) is 0 Å². The minimum absolute atomic E-state index is 0.316. The van der Waals surface area contributed by atoms with Gasteiger partial charge in [0.25, 0.3) is 0 Å². The number of halogens is 2. The Morgan fingerprint density at radius 3 is 2.69 bits per heavy atom. The van der Waals surface area contributed by atoms with Gasteiger partial charge in [-0.25, -0.2) is 8.78 Å². The van der Waals surface area contributed by atoms with Crippen LogP contribution in [0.25, 0.3) is 0 Å². The highest BCUT2D eigenvalue weighted by molar-refractivity contribution is 7.99. The van der Waals surface area contributed by atoms with E-state index in [4.69, 9.17) is 0 Å². The number of benzene rings is 1. The van der Waals surface area contributed by atoms with E-state index in [-0.39, 0.29) is 11.6 Å². The Morgan fingerprint density at radius 2 is 2.08 bits per heavy atom. The zero-order valence-electron chi connectivity index (χ0n) is 7.68. The highest BCUT2D eigenvalue weighted by atomic mass is 32.2. The molecular weight excluding hydrogens is 190 g/mol. The molecule has 0 N–H and O–H groups in total. The van der Waals surface area contributed by atoms with Gasteiger partial charge in [0.1, 0.15) is 11.6 Å². The van der Waals surface area contributed by atoms with E-state index < -0.39 is 0 Å². The van der Waals surface area contributed by atoms with Gasteiger partial charge < -0.3 is 0 Å². The monoisotopic (exact) mass is 202 g/mol. The molecule has 0 spiro atoms. The molecule has 1 unspecified atom stereocenters. The third-order valence-corrected chi connectivity index (χ3v) is 3.10. The highest BCUT2D eigenvalue weighted by Crippen LogP contribution is 2.27. The molecule has 0 aromatic heterocycles. The topological polar surface area (TPSA) is 0 Å². The third-order valence-electron chi connectivity index (χ3n) is 1.80. The van der Waals surface area contributed by atoms with Crippen LogP contribution in [0.4, 0.5) is 8.78 Å². The quantitative estimate of drug-likeness (QED) is 0.671. The molecule has 0 amide bonds. The lowest BCUT2D eigenvalue weighted by Gasteiger charge is -2.08. The van der Waals surface area contributed by atoms with Crippen LogP contribution in [0.3, 0.4) is 0 Å². The van der Waals surface area contributed by atoms with Crippen LogP contribution in [0.1, 0.15) is 20.3 Å².